The molecule has 0 saturated heterocycles. The SMILES string of the molecule is C[N+](C)(C)CCCCC=C=O. The molecule has 0 spiro atoms. The lowest BCUT2D eigenvalue weighted by atomic mass is 10.2. The van der Waals surface area contributed by atoms with Gasteiger partial charge in [-0.25, -0.2) is 4.79 Å². The molecular formula is C9H18NO+. The second kappa shape index (κ2) is 5.11. The zero-order valence-corrected chi connectivity index (χ0v) is 7.76. The Morgan fingerprint density at radius 1 is 1.27 bits per heavy atom. The average molecular weight is 156 g/mol. The number of rotatable bonds is 5. The summed E-state index contributed by atoms with van der Waals surface area (Å²) in [6, 6.07) is 0. The summed E-state index contributed by atoms with van der Waals surface area (Å²) in [6.07, 6.45) is 4.73. The Kier molecular flexibility index (Phi) is 4.84. The van der Waals surface area contributed by atoms with Gasteiger partial charge in [-0.15, -0.1) is 0 Å². The molecule has 0 aliphatic rings. The highest BCUT2D eigenvalue weighted by molar-refractivity contribution is 5.44. The van der Waals surface area contributed by atoms with Crippen LogP contribution in [-0.2, 0) is 4.79 Å². The molecule has 0 amide bonds. The molecule has 11 heavy (non-hydrogen) atoms. The van der Waals surface area contributed by atoms with Crippen LogP contribution in [0.2, 0.25) is 0 Å². The highest BCUT2D eigenvalue weighted by Crippen LogP contribution is 2.00. The molecule has 0 fully saturated rings. The van der Waals surface area contributed by atoms with Crippen LogP contribution >= 0.6 is 0 Å². The van der Waals surface area contributed by atoms with E-state index in [1.807, 2.05) is 0 Å². The molecule has 0 aliphatic heterocycles. The van der Waals surface area contributed by atoms with E-state index in [2.05, 4.69) is 21.1 Å². The maximum atomic E-state index is 9.78. The third-order valence-corrected chi connectivity index (χ3v) is 1.51. The third kappa shape index (κ3) is 9.41. The molecule has 64 valence electrons. The van der Waals surface area contributed by atoms with Gasteiger partial charge in [-0.1, -0.05) is 0 Å². The lowest BCUT2D eigenvalue weighted by Crippen LogP contribution is -2.35. The second-order valence-electron chi connectivity index (χ2n) is 3.83. The van der Waals surface area contributed by atoms with Crippen molar-refractivity contribution in [2.45, 2.75) is 19.3 Å². The molecule has 0 unspecified atom stereocenters. The first kappa shape index (κ1) is 10.4. The lowest BCUT2D eigenvalue weighted by Gasteiger charge is -2.23. The van der Waals surface area contributed by atoms with E-state index >= 15 is 0 Å². The second-order valence-corrected chi connectivity index (χ2v) is 3.83. The number of nitrogens with zero attached hydrogens (tertiary/aromatic N) is 1. The van der Waals surface area contributed by atoms with Crippen LogP contribution in [0.4, 0.5) is 0 Å². The molecule has 0 aromatic rings. The minimum absolute atomic E-state index is 0.878. The molecule has 0 saturated carbocycles. The summed E-state index contributed by atoms with van der Waals surface area (Å²) in [5.74, 6) is 1.79. The molecule has 2 heteroatoms. The molecule has 0 radical (unpaired) electrons. The third-order valence-electron chi connectivity index (χ3n) is 1.51. The van der Waals surface area contributed by atoms with Crippen LogP contribution in [0.3, 0.4) is 0 Å². The van der Waals surface area contributed by atoms with Gasteiger partial charge in [-0.3, -0.25) is 0 Å². The normalized spacial score (nSPS) is 10.8. The Labute approximate surface area is 69.1 Å². The van der Waals surface area contributed by atoms with Crippen LogP contribution in [0.5, 0.6) is 0 Å². The molecule has 0 N–H and O–H groups in total. The van der Waals surface area contributed by atoms with E-state index in [0.29, 0.717) is 0 Å². The molecular weight excluding hydrogens is 138 g/mol. The molecule has 0 aliphatic carbocycles. The van der Waals surface area contributed by atoms with E-state index in [1.165, 1.54) is 13.0 Å². The number of quaternary nitrogens is 1. The fraction of sp³-hybridized carbons (Fsp3) is 0.778. The maximum Gasteiger partial charge on any atom is 0.120 e. The topological polar surface area (TPSA) is 17.1 Å². The van der Waals surface area contributed by atoms with E-state index in [-0.39, 0.29) is 0 Å². The van der Waals surface area contributed by atoms with Crippen molar-refractivity contribution in [2.24, 2.45) is 0 Å². The van der Waals surface area contributed by atoms with Crippen molar-refractivity contribution in [3.63, 3.8) is 0 Å². The van der Waals surface area contributed by atoms with Gasteiger partial charge in [0.2, 0.25) is 0 Å². The van der Waals surface area contributed by atoms with Crippen molar-refractivity contribution >= 4 is 5.94 Å². The fourth-order valence-electron chi connectivity index (χ4n) is 0.891. The Hall–Kier alpha value is -0.590. The van der Waals surface area contributed by atoms with Gasteiger partial charge >= 0.3 is 0 Å². The molecule has 0 aromatic carbocycles. The summed E-state index contributed by atoms with van der Waals surface area (Å²) < 4.78 is 1.00. The molecule has 0 heterocycles. The lowest BCUT2D eigenvalue weighted by molar-refractivity contribution is -0.870. The van der Waals surface area contributed by atoms with E-state index in [0.717, 1.165) is 17.3 Å². The van der Waals surface area contributed by atoms with E-state index < -0.39 is 0 Å². The first-order chi connectivity index (χ1) is 5.06. The Morgan fingerprint density at radius 2 is 1.91 bits per heavy atom. The summed E-state index contributed by atoms with van der Waals surface area (Å²) in [4.78, 5) is 9.78. The smallest absolute Gasteiger partial charge is 0.120 e. The summed E-state index contributed by atoms with van der Waals surface area (Å²) in [5, 5.41) is 0. The van der Waals surface area contributed by atoms with Crippen molar-refractivity contribution in [1.29, 1.82) is 0 Å². The van der Waals surface area contributed by atoms with Crippen LogP contribution in [0.15, 0.2) is 6.08 Å². The number of carbonyl (C=O) groups excluding carboxylic acids is 1. The maximum absolute atomic E-state index is 9.78. The predicted octanol–water partition coefficient (Wildman–Crippen LogP) is 1.25. The van der Waals surface area contributed by atoms with Crippen molar-refractivity contribution in [2.75, 3.05) is 27.7 Å². The molecule has 0 atom stereocenters. The van der Waals surface area contributed by atoms with Crippen molar-refractivity contribution in [1.82, 2.24) is 0 Å². The number of allylic oxidation sites excluding steroid dienone is 1. The number of hydrogen-bond acceptors (Lipinski definition) is 1. The van der Waals surface area contributed by atoms with Crippen molar-refractivity contribution in [3.8, 4) is 0 Å². The summed E-state index contributed by atoms with van der Waals surface area (Å²) >= 11 is 0. The molecule has 0 bridgehead atoms. The Morgan fingerprint density at radius 3 is 2.36 bits per heavy atom. The predicted molar refractivity (Wildman–Crippen MR) is 47.0 cm³/mol. The zero-order valence-electron chi connectivity index (χ0n) is 7.76. The first-order valence-electron chi connectivity index (χ1n) is 4.06. The summed E-state index contributed by atoms with van der Waals surface area (Å²) in [5.41, 5.74) is 0. The van der Waals surface area contributed by atoms with Crippen LogP contribution < -0.4 is 0 Å². The molecule has 0 rings (SSSR count). The quantitative estimate of drug-likeness (QED) is 0.332. The van der Waals surface area contributed by atoms with Crippen LogP contribution in [-0.4, -0.2) is 38.1 Å². The largest absolute Gasteiger partial charge is 0.331 e. The average Bonchev–Trinajstić information content (AvgIpc) is 1.85. The monoisotopic (exact) mass is 156 g/mol. The number of hydrogen-bond donors (Lipinski definition) is 0. The molecule has 0 aromatic heterocycles. The van der Waals surface area contributed by atoms with Crippen molar-refractivity contribution < 1.29 is 9.28 Å². The van der Waals surface area contributed by atoms with Gasteiger partial charge in [0.1, 0.15) is 5.94 Å². The Bertz CT molecular complexity index is 140. The van der Waals surface area contributed by atoms with Crippen LogP contribution in [0.1, 0.15) is 19.3 Å². The van der Waals surface area contributed by atoms with Gasteiger partial charge < -0.3 is 4.48 Å². The summed E-state index contributed by atoms with van der Waals surface area (Å²) in [6.45, 7) is 1.17. The first-order valence-corrected chi connectivity index (χ1v) is 4.06. The van der Waals surface area contributed by atoms with Gasteiger partial charge in [0.15, 0.2) is 0 Å². The number of unbranched alkanes of at least 4 members (excludes halogenated alkanes) is 2. The van der Waals surface area contributed by atoms with Crippen molar-refractivity contribution in [3.05, 3.63) is 6.08 Å². The van der Waals surface area contributed by atoms with Gasteiger partial charge in [0.25, 0.3) is 0 Å². The highest BCUT2D eigenvalue weighted by atomic mass is 16.1. The van der Waals surface area contributed by atoms with E-state index in [1.54, 1.807) is 12.0 Å². The van der Waals surface area contributed by atoms with Crippen LogP contribution in [0.25, 0.3) is 0 Å². The fourth-order valence-corrected chi connectivity index (χ4v) is 0.891. The van der Waals surface area contributed by atoms with Gasteiger partial charge in [-0.05, 0) is 25.3 Å². The zero-order chi connectivity index (χ0) is 8.74. The summed E-state index contributed by atoms with van der Waals surface area (Å²) in [7, 11) is 6.53. The minimum atomic E-state index is 0.878. The highest BCUT2D eigenvalue weighted by Gasteiger charge is 2.04. The van der Waals surface area contributed by atoms with Gasteiger partial charge in [-0.2, -0.15) is 0 Å². The minimum Gasteiger partial charge on any atom is -0.331 e. The van der Waals surface area contributed by atoms with E-state index in [4.69, 9.17) is 0 Å². The van der Waals surface area contributed by atoms with E-state index in [9.17, 15) is 4.79 Å². The molecule has 2 nitrogen and oxygen atoms in total. The standard InChI is InChI=1S/C9H18NO/c1-10(2,3)8-6-4-5-7-9-11/h7H,4-6,8H2,1-3H3/q+1. The Balaban J connectivity index is 3.21. The van der Waals surface area contributed by atoms with Gasteiger partial charge in [0, 0.05) is 0 Å². The van der Waals surface area contributed by atoms with Crippen LogP contribution in [0, 0.1) is 0 Å². The van der Waals surface area contributed by atoms with Gasteiger partial charge in [0.05, 0.1) is 27.7 Å².